The lowest BCUT2D eigenvalue weighted by Crippen LogP contribution is -2.63. The number of esters is 1. The summed E-state index contributed by atoms with van der Waals surface area (Å²) in [6, 6.07) is 2.27. The molecule has 4 N–H and O–H groups in total. The van der Waals surface area contributed by atoms with Gasteiger partial charge in [0.15, 0.2) is 0 Å². The topological polar surface area (TPSA) is 175 Å². The van der Waals surface area contributed by atoms with E-state index in [4.69, 9.17) is 9.39 Å². The maximum absolute atomic E-state index is 12.9. The van der Waals surface area contributed by atoms with Crippen LogP contribution in [0.3, 0.4) is 0 Å². The predicted octanol–water partition coefficient (Wildman–Crippen LogP) is -1.55. The van der Waals surface area contributed by atoms with E-state index in [0.717, 1.165) is 0 Å². The molecule has 0 unspecified atom stereocenters. The van der Waals surface area contributed by atoms with E-state index in [9.17, 15) is 34.1 Å². The summed E-state index contributed by atoms with van der Waals surface area (Å²) in [4.78, 5) is 64.1. The van der Waals surface area contributed by atoms with E-state index >= 15 is 0 Å². The fraction of sp³-hybridized carbons (Fsp3) is 0.500. The minimum Gasteiger partial charge on any atom is -0.534 e. The van der Waals surface area contributed by atoms with Gasteiger partial charge in [0.25, 0.3) is 0 Å². The molecule has 3 rings (SSSR count). The number of ether oxygens (including phenoxy) is 1. The van der Waals surface area contributed by atoms with Gasteiger partial charge >= 0.3 is 30.9 Å². The molecule has 3 atom stereocenters. The van der Waals surface area contributed by atoms with Crippen molar-refractivity contribution in [2.45, 2.75) is 45.3 Å². The molecule has 36 heavy (non-hydrogen) atoms. The van der Waals surface area contributed by atoms with Crippen molar-refractivity contribution in [3.8, 4) is 5.75 Å². The number of urea groups is 1. The van der Waals surface area contributed by atoms with Crippen molar-refractivity contribution >= 4 is 36.8 Å². The van der Waals surface area contributed by atoms with E-state index in [1.165, 1.54) is 17.9 Å². The van der Waals surface area contributed by atoms with Crippen molar-refractivity contribution in [1.29, 1.82) is 0 Å². The lowest BCUT2D eigenvalue weighted by atomic mass is 9.72. The first-order valence-electron chi connectivity index (χ1n) is 11.6. The van der Waals surface area contributed by atoms with Crippen LogP contribution in [0.25, 0.3) is 0 Å². The molecular weight excluding hydrogens is 475 g/mol. The molecule has 2 heterocycles. The van der Waals surface area contributed by atoms with Gasteiger partial charge in [0.2, 0.25) is 5.91 Å². The number of aliphatic hydroxyl groups is 1. The number of nitrogens with zero attached hydrogens (tertiary/aromatic N) is 2. The third-order valence-corrected chi connectivity index (χ3v) is 5.92. The SMILES string of the molecule is CCOC(=O)c1cccc2c1OB(O)[C@@H](NC(=O)[C@H](NC(=O)N1CCN(CC)C(=O)C1=O)[C@@H](C)O)C2. The Bertz CT molecular complexity index is 1050. The number of amides is 5. The molecule has 14 heteroatoms. The van der Waals surface area contributed by atoms with Crippen molar-refractivity contribution in [1.82, 2.24) is 20.4 Å². The molecule has 0 aliphatic carbocycles. The van der Waals surface area contributed by atoms with Gasteiger partial charge in [-0.15, -0.1) is 0 Å². The van der Waals surface area contributed by atoms with Crippen LogP contribution < -0.4 is 15.3 Å². The standard InChI is InChI=1S/C22H29BN4O9/c1-4-26-9-10-27(20(31)19(26)30)22(33)25-16(12(3)28)18(29)24-15-11-13-7-6-8-14(21(32)35-5-2)17(13)36-23(15)34/h6-8,12,15-16,28,34H,4-5,9-11H2,1-3H3,(H,24,29)(H,25,33)/t12-,15+,16-/m1/s1. The molecule has 2 aliphatic rings. The van der Waals surface area contributed by atoms with Gasteiger partial charge in [0.05, 0.1) is 18.7 Å². The number of hydrogen-bond acceptors (Lipinski definition) is 9. The van der Waals surface area contributed by atoms with Crippen LogP contribution in [-0.4, -0.2) is 101 Å². The highest BCUT2D eigenvalue weighted by atomic mass is 16.5. The molecule has 1 saturated heterocycles. The molecule has 1 fully saturated rings. The number of benzene rings is 1. The van der Waals surface area contributed by atoms with Gasteiger partial charge in [-0.2, -0.15) is 0 Å². The van der Waals surface area contributed by atoms with Gasteiger partial charge in [-0.25, -0.2) is 9.59 Å². The summed E-state index contributed by atoms with van der Waals surface area (Å²) < 4.78 is 10.5. The fourth-order valence-electron chi connectivity index (χ4n) is 3.98. The average molecular weight is 504 g/mol. The number of piperazine rings is 1. The van der Waals surface area contributed by atoms with Crippen LogP contribution in [-0.2, 0) is 25.5 Å². The van der Waals surface area contributed by atoms with Gasteiger partial charge < -0.3 is 35.1 Å². The Morgan fingerprint density at radius 3 is 2.58 bits per heavy atom. The maximum atomic E-state index is 12.9. The molecule has 2 aliphatic heterocycles. The van der Waals surface area contributed by atoms with E-state index in [1.54, 1.807) is 26.0 Å². The van der Waals surface area contributed by atoms with Crippen LogP contribution in [0.1, 0.15) is 36.7 Å². The summed E-state index contributed by atoms with van der Waals surface area (Å²) in [5.74, 6) is -4.16. The average Bonchev–Trinajstić information content (AvgIpc) is 2.84. The van der Waals surface area contributed by atoms with Crippen molar-refractivity contribution in [2.75, 3.05) is 26.2 Å². The second-order valence-electron chi connectivity index (χ2n) is 8.35. The highest BCUT2D eigenvalue weighted by Crippen LogP contribution is 2.30. The molecule has 0 radical (unpaired) electrons. The fourth-order valence-corrected chi connectivity index (χ4v) is 3.98. The zero-order valence-corrected chi connectivity index (χ0v) is 20.2. The molecule has 0 saturated carbocycles. The second-order valence-corrected chi connectivity index (χ2v) is 8.35. The number of nitrogens with one attached hydrogen (secondary N) is 2. The predicted molar refractivity (Wildman–Crippen MR) is 125 cm³/mol. The lowest BCUT2D eigenvalue weighted by molar-refractivity contribution is -0.153. The monoisotopic (exact) mass is 504 g/mol. The number of likely N-dealkylation sites (N-methyl/N-ethyl adjacent to an activating group) is 1. The highest BCUT2D eigenvalue weighted by molar-refractivity contribution is 6.47. The van der Waals surface area contributed by atoms with Gasteiger partial charge in [0.1, 0.15) is 17.4 Å². The number of hydrogen-bond donors (Lipinski definition) is 4. The van der Waals surface area contributed by atoms with Crippen LogP contribution in [0.4, 0.5) is 4.79 Å². The largest absolute Gasteiger partial charge is 0.547 e. The summed E-state index contributed by atoms with van der Waals surface area (Å²) in [5.41, 5.74) is 0.668. The Balaban J connectivity index is 1.69. The van der Waals surface area contributed by atoms with Crippen molar-refractivity contribution in [2.24, 2.45) is 0 Å². The summed E-state index contributed by atoms with van der Waals surface area (Å²) >= 11 is 0. The molecule has 0 aromatic heterocycles. The Morgan fingerprint density at radius 1 is 1.22 bits per heavy atom. The van der Waals surface area contributed by atoms with E-state index in [0.29, 0.717) is 17.0 Å². The molecule has 1 aromatic carbocycles. The first kappa shape index (κ1) is 27.0. The van der Waals surface area contributed by atoms with Crippen LogP contribution in [0.5, 0.6) is 5.75 Å². The molecular formula is C22H29BN4O9. The maximum Gasteiger partial charge on any atom is 0.547 e. The summed E-state index contributed by atoms with van der Waals surface area (Å²) in [6.45, 7) is 5.19. The first-order valence-corrected chi connectivity index (χ1v) is 11.6. The normalized spacial score (nSPS) is 19.1. The summed E-state index contributed by atoms with van der Waals surface area (Å²) in [6.07, 6.45) is -1.29. The number of fused-ring (bicyclic) bond motifs is 1. The highest BCUT2D eigenvalue weighted by Gasteiger charge is 2.41. The van der Waals surface area contributed by atoms with Crippen molar-refractivity contribution in [3.05, 3.63) is 29.3 Å². The number of para-hydroxylation sites is 1. The number of aliphatic hydroxyl groups excluding tert-OH is 1. The van der Waals surface area contributed by atoms with Gasteiger partial charge in [0, 0.05) is 19.6 Å². The molecule has 5 amide bonds. The van der Waals surface area contributed by atoms with Crippen LogP contribution in [0.2, 0.25) is 0 Å². The van der Waals surface area contributed by atoms with E-state index in [-0.39, 0.29) is 37.4 Å². The number of carbonyl (C=O) groups is 5. The summed E-state index contributed by atoms with van der Waals surface area (Å²) in [5, 5.41) is 25.4. The van der Waals surface area contributed by atoms with Crippen molar-refractivity contribution in [3.63, 3.8) is 0 Å². The van der Waals surface area contributed by atoms with Crippen LogP contribution in [0.15, 0.2) is 18.2 Å². The Hall–Kier alpha value is -3.65. The molecule has 1 aromatic rings. The van der Waals surface area contributed by atoms with Gasteiger partial charge in [-0.1, -0.05) is 12.1 Å². The second kappa shape index (κ2) is 11.4. The van der Waals surface area contributed by atoms with E-state index in [2.05, 4.69) is 10.6 Å². The van der Waals surface area contributed by atoms with Gasteiger partial charge in [-0.3, -0.25) is 19.3 Å². The lowest BCUT2D eigenvalue weighted by Gasteiger charge is -2.33. The van der Waals surface area contributed by atoms with Crippen LogP contribution >= 0.6 is 0 Å². The molecule has 194 valence electrons. The molecule has 0 spiro atoms. The van der Waals surface area contributed by atoms with E-state index < -0.39 is 54.9 Å². The minimum absolute atomic E-state index is 0.0623. The number of rotatable bonds is 7. The molecule has 0 bridgehead atoms. The van der Waals surface area contributed by atoms with Gasteiger partial charge in [-0.05, 0) is 38.8 Å². The zero-order chi connectivity index (χ0) is 26.6. The minimum atomic E-state index is -1.54. The third-order valence-electron chi connectivity index (χ3n) is 5.92. The van der Waals surface area contributed by atoms with Crippen LogP contribution in [0, 0.1) is 0 Å². The quantitative estimate of drug-likeness (QED) is 0.195. The summed E-state index contributed by atoms with van der Waals surface area (Å²) in [7, 11) is -1.54. The molecule has 13 nitrogen and oxygen atoms in total. The Morgan fingerprint density at radius 2 is 1.94 bits per heavy atom. The van der Waals surface area contributed by atoms with E-state index in [1.807, 2.05) is 0 Å². The number of imide groups is 1. The Kier molecular flexibility index (Phi) is 8.53. The third kappa shape index (κ3) is 5.60. The Labute approximate surface area is 207 Å². The van der Waals surface area contributed by atoms with Crippen molar-refractivity contribution < 1.29 is 43.5 Å². The smallest absolute Gasteiger partial charge is 0.534 e. The first-order chi connectivity index (χ1) is 17.1. The zero-order valence-electron chi connectivity index (χ0n) is 20.2. The number of carbonyl (C=O) groups excluding carboxylic acids is 5.